The van der Waals surface area contributed by atoms with Gasteiger partial charge in [0.1, 0.15) is 23.3 Å². The van der Waals surface area contributed by atoms with E-state index in [0.717, 1.165) is 24.3 Å². The van der Waals surface area contributed by atoms with Crippen molar-refractivity contribution < 1.29 is 26.3 Å². The van der Waals surface area contributed by atoms with Crippen LogP contribution in [-0.4, -0.2) is 4.98 Å². The Hall–Kier alpha value is -3.18. The number of nitrogens with zero attached hydrogens (tertiary/aromatic N) is 4. The molecule has 35 heavy (non-hydrogen) atoms. The van der Waals surface area contributed by atoms with Crippen molar-refractivity contribution in [3.63, 3.8) is 0 Å². The minimum atomic E-state index is -4.77. The van der Waals surface area contributed by atoms with Gasteiger partial charge in [-0.2, -0.15) is 31.6 Å². The Kier molecular flexibility index (Phi) is 7.42. The van der Waals surface area contributed by atoms with Crippen LogP contribution in [0.1, 0.15) is 22.3 Å². The molecule has 0 unspecified atom stereocenters. The number of aromatic nitrogens is 1. The van der Waals surface area contributed by atoms with Crippen LogP contribution in [0.2, 0.25) is 0 Å². The van der Waals surface area contributed by atoms with Crippen LogP contribution in [0.3, 0.4) is 0 Å². The van der Waals surface area contributed by atoms with Gasteiger partial charge in [0.2, 0.25) is 0 Å². The van der Waals surface area contributed by atoms with E-state index >= 15 is 0 Å². The molecule has 0 saturated heterocycles. The van der Waals surface area contributed by atoms with Crippen LogP contribution in [0, 0.1) is 18.3 Å². The Balaban J connectivity index is 2.17. The summed E-state index contributed by atoms with van der Waals surface area (Å²) in [5.41, 5.74) is 2.96. The quantitative estimate of drug-likeness (QED) is 0.225. The molecule has 0 atom stereocenters. The maximum absolute atomic E-state index is 13.6. The largest absolute Gasteiger partial charge is 0.418 e. The van der Waals surface area contributed by atoms with E-state index < -0.39 is 29.2 Å². The van der Waals surface area contributed by atoms with Crippen molar-refractivity contribution in [2.45, 2.75) is 19.3 Å². The van der Waals surface area contributed by atoms with Gasteiger partial charge in [-0.15, -0.1) is 10.2 Å². The molecule has 14 heteroatoms. The molecular weight excluding hydrogens is 610 g/mol. The minimum absolute atomic E-state index is 0.0306. The number of alkyl halides is 6. The Bertz CT molecular complexity index is 1360. The lowest BCUT2D eigenvalue weighted by atomic mass is 10.1. The molecule has 6 nitrogen and oxygen atoms in total. The summed E-state index contributed by atoms with van der Waals surface area (Å²) < 4.78 is 80.1. The van der Waals surface area contributed by atoms with E-state index in [0.29, 0.717) is 0 Å². The van der Waals surface area contributed by atoms with Crippen LogP contribution in [0.15, 0.2) is 55.6 Å². The molecule has 0 aliphatic carbocycles. The average molecular weight is 622 g/mol. The summed E-state index contributed by atoms with van der Waals surface area (Å²) in [4.78, 5) is 3.98. The molecule has 0 bridgehead atoms. The Morgan fingerprint density at radius 2 is 1.66 bits per heavy atom. The number of hydrogen-bond acceptors (Lipinski definition) is 6. The SMILES string of the molecule is Cc1c(C#N)c(N)nc(Nc2cccc(C(F)(F)F)c2)c1N=Nc1c(Br)cc(Br)cc1C(F)(F)F. The van der Waals surface area contributed by atoms with Crippen molar-refractivity contribution in [3.8, 4) is 6.07 Å². The van der Waals surface area contributed by atoms with Gasteiger partial charge in [0.15, 0.2) is 5.82 Å². The van der Waals surface area contributed by atoms with E-state index in [2.05, 4.69) is 52.4 Å². The number of nitrogens with one attached hydrogen (secondary N) is 1. The second kappa shape index (κ2) is 9.82. The fourth-order valence-electron chi connectivity index (χ4n) is 2.96. The third-order valence-corrected chi connectivity index (χ3v) is 5.65. The molecule has 0 radical (unpaired) electrons. The summed E-state index contributed by atoms with van der Waals surface area (Å²) in [7, 11) is 0. The molecule has 1 aromatic heterocycles. The van der Waals surface area contributed by atoms with Gasteiger partial charge in [0.25, 0.3) is 0 Å². The monoisotopic (exact) mass is 620 g/mol. The number of nitriles is 1. The first kappa shape index (κ1) is 26.4. The molecular formula is C21H12Br2F6N6. The van der Waals surface area contributed by atoms with Crippen LogP contribution in [-0.2, 0) is 12.4 Å². The number of hydrogen-bond donors (Lipinski definition) is 2. The predicted octanol–water partition coefficient (Wildman–Crippen LogP) is 8.57. The van der Waals surface area contributed by atoms with Gasteiger partial charge in [-0.1, -0.05) is 22.0 Å². The predicted molar refractivity (Wildman–Crippen MR) is 124 cm³/mol. The fraction of sp³-hybridized carbons (Fsp3) is 0.143. The van der Waals surface area contributed by atoms with Gasteiger partial charge in [-0.05, 0) is 53.2 Å². The highest BCUT2D eigenvalue weighted by Crippen LogP contribution is 2.44. The van der Waals surface area contributed by atoms with E-state index in [1.54, 1.807) is 0 Å². The third-order valence-electron chi connectivity index (χ3n) is 4.59. The van der Waals surface area contributed by atoms with Gasteiger partial charge < -0.3 is 11.1 Å². The van der Waals surface area contributed by atoms with Gasteiger partial charge in [-0.25, -0.2) is 4.98 Å². The van der Waals surface area contributed by atoms with E-state index in [1.807, 2.05) is 6.07 Å². The number of azo groups is 1. The lowest BCUT2D eigenvalue weighted by Gasteiger charge is -2.15. The number of rotatable bonds is 4. The van der Waals surface area contributed by atoms with Gasteiger partial charge >= 0.3 is 12.4 Å². The van der Waals surface area contributed by atoms with Gasteiger partial charge in [0.05, 0.1) is 16.7 Å². The van der Waals surface area contributed by atoms with Crippen molar-refractivity contribution in [2.75, 3.05) is 11.1 Å². The number of halogens is 8. The highest BCUT2D eigenvalue weighted by atomic mass is 79.9. The molecule has 3 aromatic rings. The van der Waals surface area contributed by atoms with Crippen molar-refractivity contribution in [1.82, 2.24) is 4.98 Å². The third kappa shape index (κ3) is 5.91. The van der Waals surface area contributed by atoms with Crippen LogP contribution < -0.4 is 11.1 Å². The molecule has 0 aliphatic heterocycles. The molecule has 0 fully saturated rings. The second-order valence-corrected chi connectivity index (χ2v) is 8.76. The zero-order chi connectivity index (χ0) is 26.1. The molecule has 1 heterocycles. The smallest absolute Gasteiger partial charge is 0.383 e. The molecule has 182 valence electrons. The van der Waals surface area contributed by atoms with Crippen LogP contribution in [0.5, 0.6) is 0 Å². The average Bonchev–Trinajstić information content (AvgIpc) is 2.73. The molecule has 0 spiro atoms. The van der Waals surface area contributed by atoms with E-state index in [1.165, 1.54) is 19.1 Å². The zero-order valence-corrected chi connectivity index (χ0v) is 20.5. The van der Waals surface area contributed by atoms with Gasteiger partial charge in [0, 0.05) is 20.2 Å². The lowest BCUT2D eigenvalue weighted by molar-refractivity contribution is -0.138. The first-order valence-corrected chi connectivity index (χ1v) is 10.9. The number of anilines is 3. The maximum atomic E-state index is 13.6. The molecule has 0 aliphatic rings. The maximum Gasteiger partial charge on any atom is 0.418 e. The Labute approximate surface area is 211 Å². The number of pyridine rings is 1. The zero-order valence-electron chi connectivity index (χ0n) is 17.4. The number of nitrogens with two attached hydrogens (primary N) is 1. The normalized spacial score (nSPS) is 12.1. The fourth-order valence-corrected chi connectivity index (χ4v) is 4.27. The van der Waals surface area contributed by atoms with Crippen molar-refractivity contribution in [2.24, 2.45) is 10.2 Å². The standard InChI is InChI=1S/C21H12Br2F6N6/c1-9-13(8-30)18(31)33-19(32-12-4-2-3-10(5-12)20(24,25)26)16(9)34-35-17-14(21(27,28)29)6-11(22)7-15(17)23/h2-7H,1H3,(H3,31,32,33). The van der Waals surface area contributed by atoms with E-state index in [4.69, 9.17) is 5.73 Å². The highest BCUT2D eigenvalue weighted by Gasteiger charge is 2.35. The molecule has 3 N–H and O–H groups in total. The highest BCUT2D eigenvalue weighted by molar-refractivity contribution is 9.11. The first-order valence-electron chi connectivity index (χ1n) is 9.34. The summed E-state index contributed by atoms with van der Waals surface area (Å²) in [5, 5.41) is 19.6. The lowest BCUT2D eigenvalue weighted by Crippen LogP contribution is -2.07. The number of benzene rings is 2. The van der Waals surface area contributed by atoms with Crippen molar-refractivity contribution in [1.29, 1.82) is 5.26 Å². The Morgan fingerprint density at radius 3 is 2.26 bits per heavy atom. The van der Waals surface area contributed by atoms with Crippen molar-refractivity contribution in [3.05, 3.63) is 67.6 Å². The minimum Gasteiger partial charge on any atom is -0.383 e. The molecule has 0 saturated carbocycles. The summed E-state index contributed by atoms with van der Waals surface area (Å²) in [6.07, 6.45) is -9.39. The summed E-state index contributed by atoms with van der Waals surface area (Å²) in [5.74, 6) is -0.455. The molecule has 2 aromatic carbocycles. The van der Waals surface area contributed by atoms with Crippen LogP contribution in [0.4, 0.5) is 55.0 Å². The van der Waals surface area contributed by atoms with Crippen molar-refractivity contribution >= 4 is 60.6 Å². The first-order chi connectivity index (χ1) is 16.2. The van der Waals surface area contributed by atoms with Crippen LogP contribution >= 0.6 is 31.9 Å². The summed E-state index contributed by atoms with van der Waals surface area (Å²) in [6.45, 7) is 1.41. The van der Waals surface area contributed by atoms with Gasteiger partial charge in [-0.3, -0.25) is 0 Å². The Morgan fingerprint density at radius 1 is 1.00 bits per heavy atom. The summed E-state index contributed by atoms with van der Waals surface area (Å²) in [6, 6.07) is 8.10. The summed E-state index contributed by atoms with van der Waals surface area (Å²) >= 11 is 6.02. The molecule has 0 amide bonds. The second-order valence-electron chi connectivity index (χ2n) is 6.99. The van der Waals surface area contributed by atoms with Crippen LogP contribution in [0.25, 0.3) is 0 Å². The van der Waals surface area contributed by atoms with E-state index in [9.17, 15) is 31.6 Å². The topological polar surface area (TPSA) is 99.5 Å². The number of nitrogen functional groups attached to an aromatic ring is 1. The molecule has 3 rings (SSSR count). The van der Waals surface area contributed by atoms with E-state index in [-0.39, 0.29) is 43.1 Å².